The molecule has 2 atom stereocenters. The van der Waals surface area contributed by atoms with Crippen molar-refractivity contribution in [2.75, 3.05) is 20.1 Å². The third kappa shape index (κ3) is 3.59. The van der Waals surface area contributed by atoms with E-state index in [1.54, 1.807) is 19.2 Å². The first-order valence-corrected chi connectivity index (χ1v) is 8.65. The van der Waals surface area contributed by atoms with Gasteiger partial charge < -0.3 is 5.32 Å². The first-order valence-electron chi connectivity index (χ1n) is 7.21. The minimum absolute atomic E-state index is 0.392. The van der Waals surface area contributed by atoms with Crippen LogP contribution < -0.4 is 5.32 Å². The monoisotopic (exact) mass is 296 g/mol. The van der Waals surface area contributed by atoms with Crippen molar-refractivity contribution in [3.63, 3.8) is 0 Å². The summed E-state index contributed by atoms with van der Waals surface area (Å²) < 4.78 is 26.6. The van der Waals surface area contributed by atoms with E-state index in [4.69, 9.17) is 0 Å². The number of benzene rings is 1. The van der Waals surface area contributed by atoms with Crippen molar-refractivity contribution in [1.82, 2.24) is 9.62 Å². The van der Waals surface area contributed by atoms with E-state index in [1.807, 2.05) is 19.1 Å². The molecule has 4 nitrogen and oxygen atoms in total. The van der Waals surface area contributed by atoms with Gasteiger partial charge in [-0.15, -0.1) is 0 Å². The molecule has 0 spiro atoms. The van der Waals surface area contributed by atoms with Crippen molar-refractivity contribution < 1.29 is 8.42 Å². The molecule has 1 N–H and O–H groups in total. The minimum Gasteiger partial charge on any atom is -0.313 e. The summed E-state index contributed by atoms with van der Waals surface area (Å²) in [5.41, 5.74) is 1.00. The summed E-state index contributed by atoms with van der Waals surface area (Å²) in [6, 6.07) is 7.21. The highest BCUT2D eigenvalue weighted by Gasteiger charge is 2.36. The normalized spacial score (nSPS) is 22.2. The number of sulfonamides is 1. The fraction of sp³-hybridized carbons (Fsp3) is 0.600. The van der Waals surface area contributed by atoms with Crippen molar-refractivity contribution in [3.05, 3.63) is 29.8 Å². The van der Waals surface area contributed by atoms with Gasteiger partial charge in [0, 0.05) is 20.1 Å². The lowest BCUT2D eigenvalue weighted by atomic mass is 10.2. The quantitative estimate of drug-likeness (QED) is 0.838. The van der Waals surface area contributed by atoms with E-state index in [9.17, 15) is 8.42 Å². The van der Waals surface area contributed by atoms with Crippen LogP contribution in [-0.2, 0) is 16.6 Å². The molecule has 2 rings (SSSR count). The van der Waals surface area contributed by atoms with Gasteiger partial charge in [-0.3, -0.25) is 0 Å². The first-order chi connectivity index (χ1) is 9.45. The molecule has 0 aliphatic heterocycles. The molecule has 1 saturated carbocycles. The van der Waals surface area contributed by atoms with E-state index < -0.39 is 10.0 Å². The fourth-order valence-electron chi connectivity index (χ4n) is 2.35. The molecule has 112 valence electrons. The van der Waals surface area contributed by atoms with Gasteiger partial charge in [0.25, 0.3) is 0 Å². The van der Waals surface area contributed by atoms with Gasteiger partial charge in [0.15, 0.2) is 0 Å². The van der Waals surface area contributed by atoms with Crippen LogP contribution in [0.3, 0.4) is 0 Å². The number of nitrogens with zero attached hydrogens (tertiary/aromatic N) is 1. The maximum atomic E-state index is 12.5. The van der Waals surface area contributed by atoms with Crippen LogP contribution in [0.1, 0.15) is 25.8 Å². The molecule has 5 heteroatoms. The number of hydrogen-bond donors (Lipinski definition) is 1. The lowest BCUT2D eigenvalue weighted by Crippen LogP contribution is -2.29. The highest BCUT2D eigenvalue weighted by Crippen LogP contribution is 2.38. The molecule has 20 heavy (non-hydrogen) atoms. The maximum absolute atomic E-state index is 12.5. The van der Waals surface area contributed by atoms with Gasteiger partial charge in [-0.2, -0.15) is 0 Å². The Hall–Kier alpha value is -0.910. The van der Waals surface area contributed by atoms with E-state index in [0.717, 1.165) is 18.5 Å². The predicted octanol–water partition coefficient (Wildman–Crippen LogP) is 2.07. The van der Waals surface area contributed by atoms with Crippen molar-refractivity contribution in [2.45, 2.75) is 31.7 Å². The van der Waals surface area contributed by atoms with Crippen LogP contribution in [0.4, 0.5) is 0 Å². The minimum atomic E-state index is -3.36. The standard InChI is InChI=1S/C15H24N2O2S/c1-4-16-10-13-6-5-7-15(9-13)20(18,19)17(3)11-14-8-12(14)2/h5-7,9,12,14,16H,4,8,10-11H2,1-3H3. The van der Waals surface area contributed by atoms with Crippen LogP contribution in [-0.4, -0.2) is 32.9 Å². The summed E-state index contributed by atoms with van der Waals surface area (Å²) in [4.78, 5) is 0.392. The molecule has 1 aliphatic carbocycles. The molecule has 0 saturated heterocycles. The topological polar surface area (TPSA) is 49.4 Å². The lowest BCUT2D eigenvalue weighted by molar-refractivity contribution is 0.444. The second-order valence-electron chi connectivity index (χ2n) is 5.69. The highest BCUT2D eigenvalue weighted by molar-refractivity contribution is 7.89. The fourth-order valence-corrected chi connectivity index (χ4v) is 3.65. The van der Waals surface area contributed by atoms with Crippen molar-refractivity contribution in [2.24, 2.45) is 11.8 Å². The van der Waals surface area contributed by atoms with Gasteiger partial charge in [0.1, 0.15) is 0 Å². The molecule has 0 heterocycles. The number of hydrogen-bond acceptors (Lipinski definition) is 3. The summed E-state index contributed by atoms with van der Waals surface area (Å²) >= 11 is 0. The van der Waals surface area contributed by atoms with Gasteiger partial charge >= 0.3 is 0 Å². The van der Waals surface area contributed by atoms with Crippen LogP contribution in [0.25, 0.3) is 0 Å². The lowest BCUT2D eigenvalue weighted by Gasteiger charge is -2.17. The molecular weight excluding hydrogens is 272 g/mol. The molecule has 0 bridgehead atoms. The third-order valence-electron chi connectivity index (χ3n) is 3.95. The number of rotatable bonds is 7. The summed E-state index contributed by atoms with van der Waals surface area (Å²) in [5, 5.41) is 3.21. The molecule has 1 aliphatic rings. The largest absolute Gasteiger partial charge is 0.313 e. The summed E-state index contributed by atoms with van der Waals surface area (Å²) in [5.74, 6) is 1.19. The first kappa shape index (κ1) is 15.5. The van der Waals surface area contributed by atoms with E-state index in [0.29, 0.717) is 29.8 Å². The third-order valence-corrected chi connectivity index (χ3v) is 5.77. The van der Waals surface area contributed by atoms with Gasteiger partial charge in [0.05, 0.1) is 4.90 Å². The SMILES string of the molecule is CCNCc1cccc(S(=O)(=O)N(C)CC2CC2C)c1. The number of nitrogens with one attached hydrogen (secondary N) is 1. The highest BCUT2D eigenvalue weighted by atomic mass is 32.2. The van der Waals surface area contributed by atoms with Crippen LogP contribution in [0.15, 0.2) is 29.2 Å². The molecule has 0 radical (unpaired) electrons. The smallest absolute Gasteiger partial charge is 0.242 e. The molecule has 2 unspecified atom stereocenters. The zero-order valence-electron chi connectivity index (χ0n) is 12.5. The average Bonchev–Trinajstić information content (AvgIpc) is 3.12. The van der Waals surface area contributed by atoms with Crippen molar-refractivity contribution >= 4 is 10.0 Å². The van der Waals surface area contributed by atoms with Crippen LogP contribution in [0, 0.1) is 11.8 Å². The molecule has 0 amide bonds. The van der Waals surface area contributed by atoms with Crippen molar-refractivity contribution in [1.29, 1.82) is 0 Å². The Labute approximate surface area is 122 Å². The Kier molecular flexibility index (Phi) is 4.83. The van der Waals surface area contributed by atoms with Gasteiger partial charge in [-0.25, -0.2) is 12.7 Å². The Morgan fingerprint density at radius 1 is 1.40 bits per heavy atom. The van der Waals surface area contributed by atoms with Crippen LogP contribution in [0.2, 0.25) is 0 Å². The average molecular weight is 296 g/mol. The second-order valence-corrected chi connectivity index (χ2v) is 7.73. The van der Waals surface area contributed by atoms with E-state index >= 15 is 0 Å². The second kappa shape index (κ2) is 6.24. The summed E-state index contributed by atoms with van der Waals surface area (Å²) in [6.07, 6.45) is 1.14. The van der Waals surface area contributed by atoms with Gasteiger partial charge in [-0.1, -0.05) is 26.0 Å². The van der Waals surface area contributed by atoms with E-state index in [2.05, 4.69) is 12.2 Å². The summed E-state index contributed by atoms with van der Waals surface area (Å²) in [7, 11) is -1.68. The van der Waals surface area contributed by atoms with Crippen LogP contribution >= 0.6 is 0 Å². The van der Waals surface area contributed by atoms with E-state index in [1.165, 1.54) is 4.31 Å². The Morgan fingerprint density at radius 2 is 2.10 bits per heavy atom. The molecule has 1 aromatic rings. The molecule has 1 aromatic carbocycles. The zero-order chi connectivity index (χ0) is 14.8. The van der Waals surface area contributed by atoms with E-state index in [-0.39, 0.29) is 0 Å². The van der Waals surface area contributed by atoms with Crippen LogP contribution in [0.5, 0.6) is 0 Å². The zero-order valence-corrected chi connectivity index (χ0v) is 13.3. The van der Waals surface area contributed by atoms with Crippen molar-refractivity contribution in [3.8, 4) is 0 Å². The molecule has 0 aromatic heterocycles. The Bertz CT molecular complexity index is 557. The van der Waals surface area contributed by atoms with Gasteiger partial charge in [0.2, 0.25) is 10.0 Å². The predicted molar refractivity (Wildman–Crippen MR) is 80.9 cm³/mol. The van der Waals surface area contributed by atoms with Gasteiger partial charge in [-0.05, 0) is 42.5 Å². The molecule has 1 fully saturated rings. The Balaban J connectivity index is 2.11. The maximum Gasteiger partial charge on any atom is 0.242 e. The summed E-state index contributed by atoms with van der Waals surface area (Å²) in [6.45, 7) is 6.40. The Morgan fingerprint density at radius 3 is 2.70 bits per heavy atom. The molecular formula is C15H24N2O2S.